The Labute approximate surface area is 250 Å². The summed E-state index contributed by atoms with van der Waals surface area (Å²) in [5.74, 6) is 4.21. The number of rotatable bonds is 13. The van der Waals surface area contributed by atoms with Gasteiger partial charge in [-0.2, -0.15) is 0 Å². The Balaban J connectivity index is 0.992. The molecule has 2 aliphatic heterocycles. The summed E-state index contributed by atoms with van der Waals surface area (Å²) in [5, 5.41) is 1.68. The summed E-state index contributed by atoms with van der Waals surface area (Å²) in [6.07, 6.45) is 13.1. The van der Waals surface area contributed by atoms with E-state index in [4.69, 9.17) is 23.2 Å². The fourth-order valence-corrected chi connectivity index (χ4v) is 8.42. The number of likely N-dealkylation sites (tertiary alicyclic amines) is 2. The molecule has 0 saturated carbocycles. The Kier molecular flexibility index (Phi) is 14.1. The standard InChI is InChI=1S/C32H46Cl2N2S2/c33-31-11-7-29(8-12-31)25-27-5-1-17-35(21-15-27)19-3-23-37-38-24-4-20-36-18-2-6-28(16-22-36)26-30-9-13-32(34)14-10-30/h7-14,27-28H,1-6,15-26H2. The van der Waals surface area contributed by atoms with E-state index in [1.807, 2.05) is 24.3 Å². The summed E-state index contributed by atoms with van der Waals surface area (Å²) in [6.45, 7) is 7.65. The molecular formula is C32H46Cl2N2S2. The molecule has 2 aromatic rings. The van der Waals surface area contributed by atoms with Crippen molar-refractivity contribution in [3.63, 3.8) is 0 Å². The van der Waals surface area contributed by atoms with Crippen molar-refractivity contribution < 1.29 is 0 Å². The first-order valence-electron chi connectivity index (χ1n) is 14.8. The fourth-order valence-electron chi connectivity index (χ4n) is 6.02. The van der Waals surface area contributed by atoms with Crippen LogP contribution in [0.1, 0.15) is 62.5 Å². The van der Waals surface area contributed by atoms with Gasteiger partial charge >= 0.3 is 0 Å². The van der Waals surface area contributed by atoms with Crippen molar-refractivity contribution in [2.24, 2.45) is 11.8 Å². The van der Waals surface area contributed by atoms with Crippen LogP contribution in [-0.4, -0.2) is 60.6 Å². The average molecular weight is 594 g/mol. The summed E-state index contributed by atoms with van der Waals surface area (Å²) < 4.78 is 0. The third-order valence-electron chi connectivity index (χ3n) is 8.24. The molecule has 0 aromatic heterocycles. The lowest BCUT2D eigenvalue weighted by atomic mass is 9.93. The molecular weight excluding hydrogens is 547 g/mol. The van der Waals surface area contributed by atoms with E-state index in [1.54, 1.807) is 0 Å². The third-order valence-corrected chi connectivity index (χ3v) is 11.3. The minimum atomic E-state index is 0.824. The van der Waals surface area contributed by atoms with Gasteiger partial charge in [0, 0.05) is 21.6 Å². The Bertz CT molecular complexity index is 833. The quantitative estimate of drug-likeness (QED) is 0.169. The van der Waals surface area contributed by atoms with Gasteiger partial charge in [0.15, 0.2) is 0 Å². The largest absolute Gasteiger partial charge is 0.303 e. The lowest BCUT2D eigenvalue weighted by Gasteiger charge is -2.20. The zero-order valence-electron chi connectivity index (χ0n) is 23.0. The molecule has 2 aromatic carbocycles. The van der Waals surface area contributed by atoms with Gasteiger partial charge in [0.2, 0.25) is 0 Å². The van der Waals surface area contributed by atoms with Crippen molar-refractivity contribution in [3.05, 3.63) is 69.7 Å². The Hall–Kier alpha value is -0.360. The van der Waals surface area contributed by atoms with Crippen LogP contribution in [0.3, 0.4) is 0 Å². The van der Waals surface area contributed by atoms with Crippen molar-refractivity contribution in [3.8, 4) is 0 Å². The van der Waals surface area contributed by atoms with Crippen molar-refractivity contribution in [2.45, 2.75) is 64.2 Å². The maximum absolute atomic E-state index is 6.05. The van der Waals surface area contributed by atoms with E-state index < -0.39 is 0 Å². The zero-order valence-corrected chi connectivity index (χ0v) is 26.1. The van der Waals surface area contributed by atoms with Gasteiger partial charge in [0.25, 0.3) is 0 Å². The van der Waals surface area contributed by atoms with E-state index in [-0.39, 0.29) is 0 Å². The second-order valence-corrected chi connectivity index (χ2v) is 14.9. The predicted molar refractivity (Wildman–Crippen MR) is 172 cm³/mol. The first-order chi connectivity index (χ1) is 18.6. The highest BCUT2D eigenvalue weighted by atomic mass is 35.5. The van der Waals surface area contributed by atoms with Crippen molar-refractivity contribution in [2.75, 3.05) is 50.8 Å². The number of benzene rings is 2. The molecule has 4 rings (SSSR count). The van der Waals surface area contributed by atoms with Gasteiger partial charge in [-0.15, -0.1) is 0 Å². The van der Waals surface area contributed by atoms with E-state index in [0.29, 0.717) is 0 Å². The highest BCUT2D eigenvalue weighted by molar-refractivity contribution is 8.76. The first-order valence-corrected chi connectivity index (χ1v) is 18.1. The lowest BCUT2D eigenvalue weighted by molar-refractivity contribution is 0.282. The molecule has 38 heavy (non-hydrogen) atoms. The average Bonchev–Trinajstić information content (AvgIpc) is 3.29. The van der Waals surface area contributed by atoms with Crippen molar-refractivity contribution in [1.29, 1.82) is 0 Å². The molecule has 2 unspecified atom stereocenters. The monoisotopic (exact) mass is 592 g/mol. The zero-order chi connectivity index (χ0) is 26.4. The van der Waals surface area contributed by atoms with Gasteiger partial charge in [0.05, 0.1) is 0 Å². The van der Waals surface area contributed by atoms with Crippen molar-refractivity contribution in [1.82, 2.24) is 9.80 Å². The minimum Gasteiger partial charge on any atom is -0.303 e. The van der Waals surface area contributed by atoms with Gasteiger partial charge in [0.1, 0.15) is 0 Å². The number of nitrogens with zero attached hydrogens (tertiary/aromatic N) is 2. The SMILES string of the molecule is Clc1ccc(CC2CCCN(CCCSSCCCN3CCCC(Cc4ccc(Cl)cc4)CC3)CC2)cc1. The number of hydrogen-bond acceptors (Lipinski definition) is 4. The Morgan fingerprint density at radius 3 is 1.42 bits per heavy atom. The molecule has 6 heteroatoms. The summed E-state index contributed by atoms with van der Waals surface area (Å²) >= 11 is 12.1. The van der Waals surface area contributed by atoms with E-state index in [2.05, 4.69) is 55.7 Å². The van der Waals surface area contributed by atoms with Crippen LogP contribution in [0.5, 0.6) is 0 Å². The fraction of sp³-hybridized carbons (Fsp3) is 0.625. The molecule has 2 saturated heterocycles. The molecule has 0 N–H and O–H groups in total. The van der Waals surface area contributed by atoms with Crippen LogP contribution in [0, 0.1) is 11.8 Å². The molecule has 0 amide bonds. The van der Waals surface area contributed by atoms with Gasteiger partial charge in [-0.05, 0) is 151 Å². The highest BCUT2D eigenvalue weighted by Crippen LogP contribution is 2.26. The molecule has 2 nitrogen and oxygen atoms in total. The molecule has 2 atom stereocenters. The van der Waals surface area contributed by atoms with E-state index in [0.717, 1.165) is 21.9 Å². The topological polar surface area (TPSA) is 6.48 Å². The van der Waals surface area contributed by atoms with Crippen LogP contribution in [0.15, 0.2) is 48.5 Å². The summed E-state index contributed by atoms with van der Waals surface area (Å²) in [6, 6.07) is 16.9. The van der Waals surface area contributed by atoms with Gasteiger partial charge < -0.3 is 9.80 Å². The molecule has 2 aliphatic rings. The van der Waals surface area contributed by atoms with E-state index in [9.17, 15) is 0 Å². The first kappa shape index (κ1) is 30.6. The maximum atomic E-state index is 6.05. The van der Waals surface area contributed by atoms with Crippen LogP contribution in [0.4, 0.5) is 0 Å². The highest BCUT2D eigenvalue weighted by Gasteiger charge is 2.18. The smallest absolute Gasteiger partial charge is 0.0406 e. The molecule has 210 valence electrons. The van der Waals surface area contributed by atoms with Crippen LogP contribution >= 0.6 is 44.8 Å². The summed E-state index contributed by atoms with van der Waals surface area (Å²) in [5.41, 5.74) is 2.88. The molecule has 2 fully saturated rings. The van der Waals surface area contributed by atoms with Gasteiger partial charge in [-0.3, -0.25) is 0 Å². The predicted octanol–water partition coefficient (Wildman–Crippen LogP) is 9.14. The Morgan fingerprint density at radius 1 is 0.579 bits per heavy atom. The van der Waals surface area contributed by atoms with Gasteiger partial charge in [-0.1, -0.05) is 69.1 Å². The van der Waals surface area contributed by atoms with E-state index in [1.165, 1.54) is 126 Å². The van der Waals surface area contributed by atoms with Crippen LogP contribution in [-0.2, 0) is 12.8 Å². The normalized spacial score (nSPS) is 21.7. The summed E-state index contributed by atoms with van der Waals surface area (Å²) in [7, 11) is 4.19. The van der Waals surface area contributed by atoms with Crippen molar-refractivity contribution >= 4 is 44.8 Å². The third kappa shape index (κ3) is 11.6. The molecule has 0 spiro atoms. The number of hydrogen-bond donors (Lipinski definition) is 0. The molecule has 0 aliphatic carbocycles. The van der Waals surface area contributed by atoms with Gasteiger partial charge in [-0.25, -0.2) is 0 Å². The molecule has 0 radical (unpaired) electrons. The number of halogens is 2. The molecule has 0 bridgehead atoms. The minimum absolute atomic E-state index is 0.824. The van der Waals surface area contributed by atoms with Crippen LogP contribution in [0.25, 0.3) is 0 Å². The summed E-state index contributed by atoms with van der Waals surface area (Å²) in [4.78, 5) is 5.43. The lowest BCUT2D eigenvalue weighted by Crippen LogP contribution is -2.26. The second-order valence-electron chi connectivity index (χ2n) is 11.3. The van der Waals surface area contributed by atoms with Crippen LogP contribution < -0.4 is 0 Å². The van der Waals surface area contributed by atoms with Crippen LogP contribution in [0.2, 0.25) is 10.0 Å². The Morgan fingerprint density at radius 2 is 1.00 bits per heavy atom. The maximum Gasteiger partial charge on any atom is 0.0406 e. The van der Waals surface area contributed by atoms with E-state index >= 15 is 0 Å². The second kappa shape index (κ2) is 17.5. The molecule has 2 heterocycles.